The molecule has 0 aliphatic rings. The van der Waals surface area contributed by atoms with Crippen molar-refractivity contribution < 1.29 is 14.5 Å². The molecule has 0 saturated carbocycles. The van der Waals surface area contributed by atoms with Gasteiger partial charge in [-0.05, 0) is 31.5 Å². The molecule has 0 unspecified atom stereocenters. The van der Waals surface area contributed by atoms with Gasteiger partial charge in [0.25, 0.3) is 0 Å². The highest BCUT2D eigenvalue weighted by atomic mass is 16.6. The van der Waals surface area contributed by atoms with Gasteiger partial charge < -0.3 is 4.74 Å². The van der Waals surface area contributed by atoms with Crippen molar-refractivity contribution in [3.63, 3.8) is 0 Å². The zero-order valence-electron chi connectivity index (χ0n) is 11.1. The quantitative estimate of drug-likeness (QED) is 0.481. The molecule has 0 aliphatic heterocycles. The molecule has 0 aromatic heterocycles. The van der Waals surface area contributed by atoms with Crippen LogP contribution in [0.3, 0.4) is 0 Å². The molecular formula is C15H13NO4. The van der Waals surface area contributed by atoms with Gasteiger partial charge in [-0.25, -0.2) is 0 Å². The van der Waals surface area contributed by atoms with Gasteiger partial charge in [0.05, 0.1) is 10.5 Å². The van der Waals surface area contributed by atoms with E-state index in [4.69, 9.17) is 4.74 Å². The summed E-state index contributed by atoms with van der Waals surface area (Å²) < 4.78 is 5.61. The van der Waals surface area contributed by atoms with E-state index in [-0.39, 0.29) is 11.4 Å². The van der Waals surface area contributed by atoms with Crippen LogP contribution in [0.25, 0.3) is 0 Å². The number of para-hydroxylation sites is 1. The van der Waals surface area contributed by atoms with Crippen molar-refractivity contribution in [2.75, 3.05) is 0 Å². The van der Waals surface area contributed by atoms with E-state index in [1.807, 2.05) is 6.92 Å². The minimum absolute atomic E-state index is 0.123. The maximum absolute atomic E-state index is 11.1. The van der Waals surface area contributed by atoms with Crippen molar-refractivity contribution in [1.29, 1.82) is 0 Å². The molecule has 5 heteroatoms. The summed E-state index contributed by atoms with van der Waals surface area (Å²) in [5, 5.41) is 11.0. The average Bonchev–Trinajstić information content (AvgIpc) is 2.42. The first-order chi connectivity index (χ1) is 9.52. The van der Waals surface area contributed by atoms with Gasteiger partial charge in [0.15, 0.2) is 6.29 Å². The van der Waals surface area contributed by atoms with E-state index in [0.29, 0.717) is 23.2 Å². The van der Waals surface area contributed by atoms with E-state index < -0.39 is 4.92 Å². The number of hydrogen-bond acceptors (Lipinski definition) is 4. The van der Waals surface area contributed by atoms with Crippen LogP contribution in [0.4, 0.5) is 5.69 Å². The number of carbonyl (C=O) groups excluding carboxylic acids is 1. The van der Waals surface area contributed by atoms with Gasteiger partial charge in [-0.15, -0.1) is 0 Å². The Labute approximate surface area is 116 Å². The monoisotopic (exact) mass is 271 g/mol. The van der Waals surface area contributed by atoms with Crippen molar-refractivity contribution in [2.45, 2.75) is 13.8 Å². The van der Waals surface area contributed by atoms with Crippen LogP contribution in [-0.2, 0) is 0 Å². The summed E-state index contributed by atoms with van der Waals surface area (Å²) in [7, 11) is 0. The minimum Gasteiger partial charge on any atom is -0.449 e. The van der Waals surface area contributed by atoms with Gasteiger partial charge in [-0.3, -0.25) is 14.9 Å². The first kappa shape index (κ1) is 13.7. The van der Waals surface area contributed by atoms with Crippen molar-refractivity contribution in [2.24, 2.45) is 0 Å². The maximum Gasteiger partial charge on any atom is 0.311 e. The second-order valence-electron chi connectivity index (χ2n) is 4.44. The number of aldehydes is 1. The molecule has 0 heterocycles. The van der Waals surface area contributed by atoms with Gasteiger partial charge >= 0.3 is 5.69 Å². The van der Waals surface area contributed by atoms with E-state index in [9.17, 15) is 14.9 Å². The molecule has 0 aliphatic carbocycles. The predicted octanol–water partition coefficient (Wildman–Crippen LogP) is 3.82. The van der Waals surface area contributed by atoms with E-state index in [1.54, 1.807) is 37.3 Å². The number of nitro benzene ring substituents is 1. The van der Waals surface area contributed by atoms with Crippen LogP contribution in [0.5, 0.6) is 11.5 Å². The molecule has 0 radical (unpaired) electrons. The lowest BCUT2D eigenvalue weighted by Crippen LogP contribution is -1.97. The summed E-state index contributed by atoms with van der Waals surface area (Å²) in [6.07, 6.45) is 0.673. The highest BCUT2D eigenvalue weighted by Crippen LogP contribution is 2.35. The zero-order valence-corrected chi connectivity index (χ0v) is 11.1. The third kappa shape index (κ3) is 2.66. The summed E-state index contributed by atoms with van der Waals surface area (Å²) in [6, 6.07) is 9.78. The molecule has 2 aromatic rings. The van der Waals surface area contributed by atoms with Crippen LogP contribution in [0.2, 0.25) is 0 Å². The second-order valence-corrected chi connectivity index (χ2v) is 4.44. The van der Waals surface area contributed by atoms with Gasteiger partial charge in [0, 0.05) is 6.07 Å². The van der Waals surface area contributed by atoms with Crippen LogP contribution in [0.15, 0.2) is 36.4 Å². The molecule has 0 amide bonds. The largest absolute Gasteiger partial charge is 0.449 e. The standard InChI is InChI=1S/C15H13NO4/c1-10-6-7-14(12(8-10)9-17)20-15-11(2)4-3-5-13(15)16(18)19/h3-9H,1-2H3. The van der Waals surface area contributed by atoms with Crippen LogP contribution >= 0.6 is 0 Å². The molecule has 0 saturated heterocycles. The molecule has 20 heavy (non-hydrogen) atoms. The predicted molar refractivity (Wildman–Crippen MR) is 74.5 cm³/mol. The summed E-state index contributed by atoms with van der Waals surface area (Å²) in [4.78, 5) is 21.6. The fourth-order valence-electron chi connectivity index (χ4n) is 1.88. The summed E-state index contributed by atoms with van der Waals surface area (Å²) >= 11 is 0. The third-order valence-corrected chi connectivity index (χ3v) is 2.89. The number of nitro groups is 1. The SMILES string of the molecule is Cc1ccc(Oc2c(C)cccc2[N+](=O)[O-])c(C=O)c1. The van der Waals surface area contributed by atoms with Crippen LogP contribution in [0.1, 0.15) is 21.5 Å². The molecule has 0 fully saturated rings. The first-order valence-corrected chi connectivity index (χ1v) is 6.00. The topological polar surface area (TPSA) is 69.4 Å². The number of benzene rings is 2. The molecule has 2 rings (SSSR count). The Morgan fingerprint density at radius 1 is 1.20 bits per heavy atom. The molecule has 102 valence electrons. The van der Waals surface area contributed by atoms with Crippen LogP contribution in [-0.4, -0.2) is 11.2 Å². The van der Waals surface area contributed by atoms with Gasteiger partial charge in [0.2, 0.25) is 5.75 Å². The molecule has 2 aromatic carbocycles. The molecule has 0 bridgehead atoms. The number of hydrogen-bond donors (Lipinski definition) is 0. The van der Waals surface area contributed by atoms with E-state index in [1.165, 1.54) is 6.07 Å². The number of aryl methyl sites for hydroxylation is 2. The number of ether oxygens (including phenoxy) is 1. The lowest BCUT2D eigenvalue weighted by atomic mass is 10.1. The van der Waals surface area contributed by atoms with Crippen molar-refractivity contribution in [3.8, 4) is 11.5 Å². The summed E-state index contributed by atoms with van der Waals surface area (Å²) in [6.45, 7) is 3.57. The second kappa shape index (κ2) is 5.52. The molecular weight excluding hydrogens is 258 g/mol. The number of rotatable bonds is 4. The fraction of sp³-hybridized carbons (Fsp3) is 0.133. The molecule has 0 spiro atoms. The van der Waals surface area contributed by atoms with Crippen LogP contribution < -0.4 is 4.74 Å². The maximum atomic E-state index is 11.1. The van der Waals surface area contributed by atoms with Crippen molar-refractivity contribution in [3.05, 3.63) is 63.2 Å². The van der Waals surface area contributed by atoms with E-state index in [2.05, 4.69) is 0 Å². The van der Waals surface area contributed by atoms with Gasteiger partial charge in [-0.1, -0.05) is 23.8 Å². The minimum atomic E-state index is -0.503. The van der Waals surface area contributed by atoms with Crippen molar-refractivity contribution in [1.82, 2.24) is 0 Å². The van der Waals surface area contributed by atoms with Crippen LogP contribution in [0, 0.1) is 24.0 Å². The molecule has 0 N–H and O–H groups in total. The third-order valence-electron chi connectivity index (χ3n) is 2.89. The Kier molecular flexibility index (Phi) is 3.79. The smallest absolute Gasteiger partial charge is 0.311 e. The van der Waals surface area contributed by atoms with Gasteiger partial charge in [0.1, 0.15) is 5.75 Å². The average molecular weight is 271 g/mol. The first-order valence-electron chi connectivity index (χ1n) is 6.00. The zero-order chi connectivity index (χ0) is 14.7. The fourth-order valence-corrected chi connectivity index (χ4v) is 1.88. The summed E-state index contributed by atoms with van der Waals surface area (Å²) in [5.41, 5.74) is 1.79. The summed E-state index contributed by atoms with van der Waals surface area (Å²) in [5.74, 6) is 0.465. The molecule has 0 atom stereocenters. The lowest BCUT2D eigenvalue weighted by Gasteiger charge is -2.11. The highest BCUT2D eigenvalue weighted by Gasteiger charge is 2.18. The number of nitrogens with zero attached hydrogens (tertiary/aromatic N) is 1. The molecule has 5 nitrogen and oxygen atoms in total. The van der Waals surface area contributed by atoms with Crippen molar-refractivity contribution >= 4 is 12.0 Å². The van der Waals surface area contributed by atoms with E-state index in [0.717, 1.165) is 5.56 Å². The Balaban J connectivity index is 2.50. The normalized spacial score (nSPS) is 10.1. The Hall–Kier alpha value is -2.69. The van der Waals surface area contributed by atoms with E-state index >= 15 is 0 Å². The lowest BCUT2D eigenvalue weighted by molar-refractivity contribution is -0.385. The Morgan fingerprint density at radius 3 is 2.60 bits per heavy atom. The number of carbonyl (C=O) groups is 1. The highest BCUT2D eigenvalue weighted by molar-refractivity contribution is 5.80. The Bertz CT molecular complexity index is 680. The van der Waals surface area contributed by atoms with Gasteiger partial charge in [-0.2, -0.15) is 0 Å². The Morgan fingerprint density at radius 2 is 1.95 bits per heavy atom.